The molecule has 4 aromatic rings. The molecular weight excluding hydrogens is 581 g/mol. The van der Waals surface area contributed by atoms with E-state index in [1.54, 1.807) is 18.2 Å². The molecule has 0 bridgehead atoms. The summed E-state index contributed by atoms with van der Waals surface area (Å²) in [5.74, 6) is -6.06. The number of hydrogen-bond acceptors (Lipinski definition) is 1. The van der Waals surface area contributed by atoms with Crippen molar-refractivity contribution in [3.8, 4) is 28.0 Å². The minimum atomic E-state index is -4.02. The van der Waals surface area contributed by atoms with Gasteiger partial charge in [0.05, 0.1) is 5.56 Å². The molecule has 0 saturated heterocycles. The lowest BCUT2D eigenvalue weighted by Gasteiger charge is -2.29. The third-order valence-electron chi connectivity index (χ3n) is 8.54. The van der Waals surface area contributed by atoms with Gasteiger partial charge in [-0.15, -0.1) is 0 Å². The van der Waals surface area contributed by atoms with Crippen LogP contribution in [0.4, 0.5) is 30.7 Å². The average molecular weight is 615 g/mol. The van der Waals surface area contributed by atoms with Crippen LogP contribution < -0.4 is 4.74 Å². The topological polar surface area (TPSA) is 9.23 Å². The molecule has 0 aliphatic heterocycles. The van der Waals surface area contributed by atoms with Gasteiger partial charge in [0.15, 0.2) is 17.5 Å². The normalized spacial score (nSPS) is 17.1. The van der Waals surface area contributed by atoms with Crippen LogP contribution in [0.25, 0.3) is 22.3 Å². The third-order valence-corrected chi connectivity index (χ3v) is 8.54. The highest BCUT2D eigenvalue weighted by Gasteiger charge is 2.35. The Labute approximate surface area is 252 Å². The molecule has 1 nitrogen and oxygen atoms in total. The summed E-state index contributed by atoms with van der Waals surface area (Å²) >= 11 is 0. The summed E-state index contributed by atoms with van der Waals surface area (Å²) < 4.78 is 104. The van der Waals surface area contributed by atoms with E-state index in [9.17, 15) is 22.0 Å². The van der Waals surface area contributed by atoms with E-state index in [1.807, 2.05) is 6.07 Å². The Morgan fingerprint density at radius 2 is 1.25 bits per heavy atom. The molecule has 0 spiro atoms. The number of benzene rings is 4. The predicted octanol–water partition coefficient (Wildman–Crippen LogP) is 11.7. The Morgan fingerprint density at radius 3 is 1.86 bits per heavy atom. The van der Waals surface area contributed by atoms with Gasteiger partial charge in [-0.1, -0.05) is 69.0 Å². The number of ether oxygens (including phenoxy) is 1. The number of halogens is 7. The van der Waals surface area contributed by atoms with Gasteiger partial charge in [-0.25, -0.2) is 22.0 Å². The van der Waals surface area contributed by atoms with E-state index in [0.717, 1.165) is 49.3 Å². The van der Waals surface area contributed by atoms with E-state index < -0.39 is 46.5 Å². The fourth-order valence-corrected chi connectivity index (χ4v) is 6.05. The van der Waals surface area contributed by atoms with E-state index in [1.165, 1.54) is 49.9 Å². The molecule has 0 aromatic heterocycles. The minimum Gasteiger partial charge on any atom is -0.429 e. The van der Waals surface area contributed by atoms with Gasteiger partial charge in [-0.05, 0) is 78.5 Å². The fourth-order valence-electron chi connectivity index (χ4n) is 6.05. The van der Waals surface area contributed by atoms with Gasteiger partial charge in [-0.2, -0.15) is 8.78 Å². The van der Waals surface area contributed by atoms with Crippen molar-refractivity contribution in [3.05, 3.63) is 113 Å². The lowest BCUT2D eigenvalue weighted by Crippen LogP contribution is -2.22. The van der Waals surface area contributed by atoms with Crippen molar-refractivity contribution < 1.29 is 35.5 Å². The predicted molar refractivity (Wildman–Crippen MR) is 157 cm³/mol. The van der Waals surface area contributed by atoms with Crippen molar-refractivity contribution >= 4 is 0 Å². The van der Waals surface area contributed by atoms with E-state index in [0.29, 0.717) is 23.6 Å². The Hall–Kier alpha value is -3.81. The smallest absolute Gasteiger partial charge is 0.426 e. The molecule has 1 aliphatic rings. The summed E-state index contributed by atoms with van der Waals surface area (Å²) in [7, 11) is 0. The zero-order valence-electron chi connectivity index (χ0n) is 24.3. The fraction of sp³-hybridized carbons (Fsp3) is 0.333. The van der Waals surface area contributed by atoms with Crippen LogP contribution in [0.3, 0.4) is 0 Å². The Kier molecular flexibility index (Phi) is 9.66. The Bertz CT molecular complexity index is 1570. The van der Waals surface area contributed by atoms with Gasteiger partial charge < -0.3 is 4.74 Å². The molecule has 1 fully saturated rings. The second-order valence-electron chi connectivity index (χ2n) is 11.5. The largest absolute Gasteiger partial charge is 0.429 e. The Morgan fingerprint density at radius 1 is 0.659 bits per heavy atom. The van der Waals surface area contributed by atoms with Crippen molar-refractivity contribution in [3.63, 3.8) is 0 Å². The first kappa shape index (κ1) is 31.6. The molecule has 0 N–H and O–H groups in total. The molecule has 0 heterocycles. The van der Waals surface area contributed by atoms with E-state index in [-0.39, 0.29) is 16.7 Å². The van der Waals surface area contributed by atoms with Crippen LogP contribution in [-0.4, -0.2) is 0 Å². The highest BCUT2D eigenvalue weighted by Crippen LogP contribution is 2.40. The summed E-state index contributed by atoms with van der Waals surface area (Å²) in [5, 5.41) is 0. The first-order valence-corrected chi connectivity index (χ1v) is 15.0. The van der Waals surface area contributed by atoms with Gasteiger partial charge in [0.25, 0.3) is 0 Å². The van der Waals surface area contributed by atoms with Gasteiger partial charge in [0, 0.05) is 23.3 Å². The molecular formula is C36H33F7O. The van der Waals surface area contributed by atoms with Crippen molar-refractivity contribution in [1.29, 1.82) is 0 Å². The monoisotopic (exact) mass is 614 g/mol. The maximum Gasteiger partial charge on any atom is 0.426 e. The van der Waals surface area contributed by atoms with E-state index in [4.69, 9.17) is 0 Å². The van der Waals surface area contributed by atoms with Crippen LogP contribution in [0.1, 0.15) is 75.3 Å². The molecule has 1 aliphatic carbocycles. The van der Waals surface area contributed by atoms with Gasteiger partial charge in [0.2, 0.25) is 0 Å². The highest BCUT2D eigenvalue weighted by molar-refractivity contribution is 5.71. The molecule has 232 valence electrons. The third kappa shape index (κ3) is 7.11. The maximum absolute atomic E-state index is 15.2. The average Bonchev–Trinajstić information content (AvgIpc) is 3.00. The molecule has 44 heavy (non-hydrogen) atoms. The number of hydrogen-bond donors (Lipinski definition) is 0. The molecule has 5 rings (SSSR count). The zero-order valence-corrected chi connectivity index (χ0v) is 24.3. The van der Waals surface area contributed by atoms with Crippen molar-refractivity contribution in [2.45, 2.75) is 70.3 Å². The van der Waals surface area contributed by atoms with Crippen LogP contribution in [0.15, 0.2) is 72.8 Å². The molecule has 0 amide bonds. The van der Waals surface area contributed by atoms with Gasteiger partial charge in [-0.3, -0.25) is 0 Å². The van der Waals surface area contributed by atoms with Crippen LogP contribution in [0.5, 0.6) is 5.75 Å². The maximum atomic E-state index is 15.2. The van der Waals surface area contributed by atoms with E-state index >= 15 is 8.78 Å². The van der Waals surface area contributed by atoms with Crippen LogP contribution in [0, 0.1) is 35.0 Å². The van der Waals surface area contributed by atoms with Crippen LogP contribution in [-0.2, 0) is 6.11 Å². The van der Waals surface area contributed by atoms with Crippen molar-refractivity contribution in [1.82, 2.24) is 0 Å². The molecule has 1 saturated carbocycles. The zero-order chi connectivity index (χ0) is 31.4. The molecule has 4 aromatic carbocycles. The number of unbranched alkanes of at least 4 members (excludes halogenated alkanes) is 2. The standard InChI is InChI=1S/C36H33F7O/c1-2-3-4-5-22-6-8-23(9-7-22)25-12-16-30(31(37)18-25)26-13-17-29(32(38)19-26)24-10-14-27(15-11-24)36(42,43)44-28-20-33(39)35(41)34(40)21-28/h10-23H,2-9H2,1H3. The Balaban J connectivity index is 1.26. The second kappa shape index (κ2) is 13.4. The van der Waals surface area contributed by atoms with Crippen molar-refractivity contribution in [2.24, 2.45) is 5.92 Å². The summed E-state index contributed by atoms with van der Waals surface area (Å²) in [6.07, 6.45) is 5.40. The van der Waals surface area contributed by atoms with Crippen LogP contribution >= 0.6 is 0 Å². The van der Waals surface area contributed by atoms with Gasteiger partial charge in [0.1, 0.15) is 17.4 Å². The molecule has 0 unspecified atom stereocenters. The first-order valence-electron chi connectivity index (χ1n) is 15.0. The lowest BCUT2D eigenvalue weighted by molar-refractivity contribution is -0.185. The highest BCUT2D eigenvalue weighted by atomic mass is 19.3. The quantitative estimate of drug-likeness (QED) is 0.0981. The lowest BCUT2D eigenvalue weighted by atomic mass is 9.77. The first-order chi connectivity index (χ1) is 21.1. The molecule has 0 radical (unpaired) electrons. The summed E-state index contributed by atoms with van der Waals surface area (Å²) in [6.45, 7) is 2.21. The second-order valence-corrected chi connectivity index (χ2v) is 11.5. The van der Waals surface area contributed by atoms with Crippen molar-refractivity contribution in [2.75, 3.05) is 0 Å². The van der Waals surface area contributed by atoms with Crippen LogP contribution in [0.2, 0.25) is 0 Å². The minimum absolute atomic E-state index is 0.111. The summed E-state index contributed by atoms with van der Waals surface area (Å²) in [4.78, 5) is 0. The molecule has 0 atom stereocenters. The van der Waals surface area contributed by atoms with Gasteiger partial charge >= 0.3 is 6.11 Å². The summed E-state index contributed by atoms with van der Waals surface area (Å²) in [6, 6.07) is 14.5. The van der Waals surface area contributed by atoms with E-state index in [2.05, 4.69) is 11.7 Å². The molecule has 8 heteroatoms. The summed E-state index contributed by atoms with van der Waals surface area (Å²) in [5.41, 5.74) is 1.30. The number of alkyl halides is 2. The number of rotatable bonds is 10. The SMILES string of the molecule is CCCCCC1CCC(c2ccc(-c3ccc(-c4ccc(C(F)(F)Oc5cc(F)c(F)c(F)c5)cc4)c(F)c3)c(F)c2)CC1.